The molecule has 68 valence electrons. The van der Waals surface area contributed by atoms with Gasteiger partial charge in [-0.3, -0.25) is 0 Å². The Morgan fingerprint density at radius 1 is 1.50 bits per heavy atom. The summed E-state index contributed by atoms with van der Waals surface area (Å²) in [5.74, 6) is 0. The van der Waals surface area contributed by atoms with E-state index in [-0.39, 0.29) is 0 Å². The molecule has 0 bridgehead atoms. The van der Waals surface area contributed by atoms with Gasteiger partial charge in [0.25, 0.3) is 0 Å². The van der Waals surface area contributed by atoms with Crippen LogP contribution in [0.4, 0.5) is 0 Å². The van der Waals surface area contributed by atoms with Crippen molar-refractivity contribution in [1.82, 2.24) is 4.90 Å². The van der Waals surface area contributed by atoms with Gasteiger partial charge < -0.3 is 4.90 Å². The summed E-state index contributed by atoms with van der Waals surface area (Å²) in [5.41, 5.74) is 0. The minimum Gasteiger partial charge on any atom is -0.303 e. The molecule has 0 N–H and O–H groups in total. The standard InChI is InChI=1S/C10H18N2/c1-3-5-6-9-12(4-2)10-7-8-11/h3H,1,4-7,9-10H2,2H3. The second-order valence-electron chi connectivity index (χ2n) is 2.77. The second kappa shape index (κ2) is 8.29. The first-order valence-electron chi connectivity index (χ1n) is 4.55. The van der Waals surface area contributed by atoms with Crippen molar-refractivity contribution in [3.05, 3.63) is 12.7 Å². The fourth-order valence-electron chi connectivity index (χ4n) is 1.10. The van der Waals surface area contributed by atoms with Crippen molar-refractivity contribution in [2.45, 2.75) is 26.2 Å². The van der Waals surface area contributed by atoms with Crippen LogP contribution < -0.4 is 0 Å². The molecule has 2 nitrogen and oxygen atoms in total. The van der Waals surface area contributed by atoms with E-state index >= 15 is 0 Å². The number of rotatable bonds is 7. The number of hydrogen-bond donors (Lipinski definition) is 0. The molecule has 0 heterocycles. The smallest absolute Gasteiger partial charge is 0.0635 e. The molecule has 0 saturated heterocycles. The first-order chi connectivity index (χ1) is 5.85. The van der Waals surface area contributed by atoms with Gasteiger partial charge in [-0.2, -0.15) is 5.26 Å². The third-order valence-electron chi connectivity index (χ3n) is 1.87. The van der Waals surface area contributed by atoms with E-state index < -0.39 is 0 Å². The molecule has 0 unspecified atom stereocenters. The van der Waals surface area contributed by atoms with Crippen molar-refractivity contribution >= 4 is 0 Å². The van der Waals surface area contributed by atoms with E-state index in [1.165, 1.54) is 0 Å². The lowest BCUT2D eigenvalue weighted by molar-refractivity contribution is 0.292. The molecule has 0 aromatic carbocycles. The summed E-state index contributed by atoms with van der Waals surface area (Å²) in [4.78, 5) is 2.30. The summed E-state index contributed by atoms with van der Waals surface area (Å²) in [5, 5.41) is 8.39. The molecule has 2 heteroatoms. The van der Waals surface area contributed by atoms with E-state index in [4.69, 9.17) is 5.26 Å². The summed E-state index contributed by atoms with van der Waals surface area (Å²) in [6.07, 6.45) is 4.81. The molecular weight excluding hydrogens is 148 g/mol. The second-order valence-corrected chi connectivity index (χ2v) is 2.77. The van der Waals surface area contributed by atoms with Crippen molar-refractivity contribution in [3.8, 4) is 6.07 Å². The Balaban J connectivity index is 3.40. The van der Waals surface area contributed by atoms with Gasteiger partial charge in [-0.05, 0) is 25.9 Å². The maximum atomic E-state index is 8.39. The van der Waals surface area contributed by atoms with Crippen molar-refractivity contribution in [1.29, 1.82) is 5.26 Å². The Morgan fingerprint density at radius 2 is 2.25 bits per heavy atom. The highest BCUT2D eigenvalue weighted by molar-refractivity contribution is 4.73. The summed E-state index contributed by atoms with van der Waals surface area (Å²) < 4.78 is 0. The van der Waals surface area contributed by atoms with E-state index in [9.17, 15) is 0 Å². The van der Waals surface area contributed by atoms with Crippen LogP contribution in [0.3, 0.4) is 0 Å². The van der Waals surface area contributed by atoms with E-state index in [1.807, 2.05) is 6.08 Å². The molecule has 0 aromatic heterocycles. The molecule has 0 fully saturated rings. The van der Waals surface area contributed by atoms with E-state index in [1.54, 1.807) is 0 Å². The monoisotopic (exact) mass is 166 g/mol. The molecule has 0 rings (SSSR count). The van der Waals surface area contributed by atoms with Gasteiger partial charge in [0.1, 0.15) is 0 Å². The lowest BCUT2D eigenvalue weighted by Gasteiger charge is -2.17. The molecular formula is C10H18N2. The van der Waals surface area contributed by atoms with Gasteiger partial charge in [0.15, 0.2) is 0 Å². The van der Waals surface area contributed by atoms with Crippen LogP contribution >= 0.6 is 0 Å². The van der Waals surface area contributed by atoms with Gasteiger partial charge in [-0.1, -0.05) is 13.0 Å². The highest BCUT2D eigenvalue weighted by Gasteiger charge is 1.99. The fourth-order valence-corrected chi connectivity index (χ4v) is 1.10. The zero-order valence-electron chi connectivity index (χ0n) is 7.92. The SMILES string of the molecule is C=CCCCN(CC)CCC#N. The molecule has 0 atom stereocenters. The highest BCUT2D eigenvalue weighted by Crippen LogP contribution is 1.96. The number of unbranched alkanes of at least 4 members (excludes halogenated alkanes) is 1. The number of hydrogen-bond acceptors (Lipinski definition) is 2. The van der Waals surface area contributed by atoms with Crippen LogP contribution in [0.25, 0.3) is 0 Å². The number of allylic oxidation sites excluding steroid dienone is 1. The minimum absolute atomic E-state index is 0.641. The van der Waals surface area contributed by atoms with Gasteiger partial charge in [-0.25, -0.2) is 0 Å². The van der Waals surface area contributed by atoms with Crippen LogP contribution in [0.5, 0.6) is 0 Å². The first kappa shape index (κ1) is 11.2. The Kier molecular flexibility index (Phi) is 7.73. The Labute approximate surface area is 75.5 Å². The van der Waals surface area contributed by atoms with Crippen LogP contribution in [0, 0.1) is 11.3 Å². The summed E-state index contributed by atoms with van der Waals surface area (Å²) in [6.45, 7) is 8.84. The Morgan fingerprint density at radius 3 is 2.75 bits per heavy atom. The fraction of sp³-hybridized carbons (Fsp3) is 0.700. The summed E-state index contributed by atoms with van der Waals surface area (Å²) >= 11 is 0. The predicted octanol–water partition coefficient (Wildman–Crippen LogP) is 2.19. The van der Waals surface area contributed by atoms with E-state index in [2.05, 4.69) is 24.5 Å². The Hall–Kier alpha value is -0.810. The van der Waals surface area contributed by atoms with Crippen LogP contribution in [0.15, 0.2) is 12.7 Å². The summed E-state index contributed by atoms with van der Waals surface area (Å²) in [7, 11) is 0. The van der Waals surface area contributed by atoms with Gasteiger partial charge in [-0.15, -0.1) is 6.58 Å². The van der Waals surface area contributed by atoms with Gasteiger partial charge in [0.05, 0.1) is 6.07 Å². The van der Waals surface area contributed by atoms with E-state index in [0.717, 1.165) is 32.5 Å². The largest absolute Gasteiger partial charge is 0.303 e. The van der Waals surface area contributed by atoms with Crippen molar-refractivity contribution < 1.29 is 0 Å². The first-order valence-corrected chi connectivity index (χ1v) is 4.55. The normalized spacial score (nSPS) is 9.75. The van der Waals surface area contributed by atoms with Crippen molar-refractivity contribution in [2.75, 3.05) is 19.6 Å². The van der Waals surface area contributed by atoms with Crippen molar-refractivity contribution in [3.63, 3.8) is 0 Å². The van der Waals surface area contributed by atoms with E-state index in [0.29, 0.717) is 6.42 Å². The maximum Gasteiger partial charge on any atom is 0.0635 e. The van der Waals surface area contributed by atoms with Gasteiger partial charge >= 0.3 is 0 Å². The molecule has 0 amide bonds. The molecule has 0 saturated carbocycles. The quantitative estimate of drug-likeness (QED) is 0.428. The van der Waals surface area contributed by atoms with Gasteiger partial charge in [0, 0.05) is 13.0 Å². The van der Waals surface area contributed by atoms with Crippen LogP contribution in [0.1, 0.15) is 26.2 Å². The zero-order chi connectivity index (χ0) is 9.23. The highest BCUT2D eigenvalue weighted by atomic mass is 15.1. The average Bonchev–Trinajstić information content (AvgIpc) is 2.11. The van der Waals surface area contributed by atoms with Crippen LogP contribution in [-0.2, 0) is 0 Å². The molecule has 0 aliphatic heterocycles. The van der Waals surface area contributed by atoms with Gasteiger partial charge in [0.2, 0.25) is 0 Å². The third kappa shape index (κ3) is 5.94. The number of nitriles is 1. The average molecular weight is 166 g/mol. The third-order valence-corrected chi connectivity index (χ3v) is 1.87. The number of nitrogens with zero attached hydrogens (tertiary/aromatic N) is 2. The van der Waals surface area contributed by atoms with Crippen LogP contribution in [-0.4, -0.2) is 24.5 Å². The zero-order valence-corrected chi connectivity index (χ0v) is 7.92. The molecule has 0 spiro atoms. The summed E-state index contributed by atoms with van der Waals surface area (Å²) in [6, 6.07) is 2.16. The Bertz CT molecular complexity index is 146. The molecule has 0 aromatic rings. The maximum absolute atomic E-state index is 8.39. The minimum atomic E-state index is 0.641. The predicted molar refractivity (Wildman–Crippen MR) is 51.8 cm³/mol. The molecule has 12 heavy (non-hydrogen) atoms. The van der Waals surface area contributed by atoms with Crippen molar-refractivity contribution in [2.24, 2.45) is 0 Å². The molecule has 0 radical (unpaired) electrons. The topological polar surface area (TPSA) is 27.0 Å². The molecule has 0 aliphatic carbocycles. The molecule has 0 aliphatic rings. The lowest BCUT2D eigenvalue weighted by atomic mass is 10.3. The lowest BCUT2D eigenvalue weighted by Crippen LogP contribution is -2.25. The van der Waals surface area contributed by atoms with Crippen LogP contribution in [0.2, 0.25) is 0 Å².